The molecule has 0 amide bonds. The van der Waals surface area contributed by atoms with Crippen LogP contribution < -0.4 is 5.32 Å². The van der Waals surface area contributed by atoms with Gasteiger partial charge in [0.25, 0.3) is 0 Å². The lowest BCUT2D eigenvalue weighted by Gasteiger charge is -2.17. The molecule has 0 spiro atoms. The summed E-state index contributed by atoms with van der Waals surface area (Å²) >= 11 is 0. The zero-order valence-electron chi connectivity index (χ0n) is 9.98. The second kappa shape index (κ2) is 4.92. The standard InChI is InChI=1S/C11H17N3O2/c1-6(2)9(10(15)16)14-11-12-5-7(3)8(4)13-11/h5-6,9H,1-4H3,(H,15,16)(H,12,13,14)/t9-/m1/s1. The minimum atomic E-state index is -0.892. The molecule has 0 bridgehead atoms. The van der Waals surface area contributed by atoms with E-state index in [1.807, 2.05) is 27.7 Å². The van der Waals surface area contributed by atoms with Gasteiger partial charge in [-0.3, -0.25) is 0 Å². The minimum Gasteiger partial charge on any atom is -0.480 e. The van der Waals surface area contributed by atoms with E-state index in [0.29, 0.717) is 5.95 Å². The lowest BCUT2D eigenvalue weighted by molar-refractivity contribution is -0.138. The molecule has 0 radical (unpaired) electrons. The fourth-order valence-corrected chi connectivity index (χ4v) is 1.25. The second-order valence-electron chi connectivity index (χ2n) is 4.17. The van der Waals surface area contributed by atoms with E-state index in [0.717, 1.165) is 11.3 Å². The summed E-state index contributed by atoms with van der Waals surface area (Å²) in [7, 11) is 0. The molecule has 1 rings (SSSR count). The highest BCUT2D eigenvalue weighted by molar-refractivity contribution is 5.76. The van der Waals surface area contributed by atoms with Crippen LogP contribution in [0.15, 0.2) is 6.20 Å². The Balaban J connectivity index is 2.86. The molecular formula is C11H17N3O2. The van der Waals surface area contributed by atoms with Gasteiger partial charge in [-0.15, -0.1) is 0 Å². The molecule has 0 saturated carbocycles. The fraction of sp³-hybridized carbons (Fsp3) is 0.545. The van der Waals surface area contributed by atoms with E-state index in [9.17, 15) is 4.79 Å². The molecule has 0 saturated heterocycles. The van der Waals surface area contributed by atoms with Crippen molar-refractivity contribution < 1.29 is 9.90 Å². The summed E-state index contributed by atoms with van der Waals surface area (Å²) < 4.78 is 0. The zero-order valence-corrected chi connectivity index (χ0v) is 9.98. The molecule has 16 heavy (non-hydrogen) atoms. The number of nitrogens with zero attached hydrogens (tertiary/aromatic N) is 2. The number of carboxylic acids is 1. The number of hydrogen-bond acceptors (Lipinski definition) is 4. The molecule has 5 heteroatoms. The van der Waals surface area contributed by atoms with Gasteiger partial charge >= 0.3 is 5.97 Å². The van der Waals surface area contributed by atoms with Crippen LogP contribution in [0.5, 0.6) is 0 Å². The van der Waals surface area contributed by atoms with E-state index in [1.54, 1.807) is 6.20 Å². The molecule has 1 aromatic rings. The Morgan fingerprint density at radius 3 is 2.50 bits per heavy atom. The number of rotatable bonds is 4. The van der Waals surface area contributed by atoms with Gasteiger partial charge in [-0.1, -0.05) is 13.8 Å². The van der Waals surface area contributed by atoms with Crippen LogP contribution in [-0.2, 0) is 4.79 Å². The van der Waals surface area contributed by atoms with E-state index in [1.165, 1.54) is 0 Å². The number of aliphatic carboxylic acids is 1. The molecule has 0 aliphatic heterocycles. The summed E-state index contributed by atoms with van der Waals surface area (Å²) in [6, 6.07) is -0.665. The van der Waals surface area contributed by atoms with Crippen molar-refractivity contribution in [2.24, 2.45) is 5.92 Å². The van der Waals surface area contributed by atoms with Gasteiger partial charge in [0, 0.05) is 11.9 Å². The average Bonchev–Trinajstić information content (AvgIpc) is 2.18. The monoisotopic (exact) mass is 223 g/mol. The molecule has 0 aromatic carbocycles. The van der Waals surface area contributed by atoms with Gasteiger partial charge in [0.1, 0.15) is 6.04 Å². The van der Waals surface area contributed by atoms with Crippen LogP contribution in [0.1, 0.15) is 25.1 Å². The molecule has 0 unspecified atom stereocenters. The highest BCUT2D eigenvalue weighted by Crippen LogP contribution is 2.10. The Hall–Kier alpha value is -1.65. The molecule has 2 N–H and O–H groups in total. The maximum atomic E-state index is 11.0. The van der Waals surface area contributed by atoms with Gasteiger partial charge in [0.15, 0.2) is 0 Å². The first-order chi connectivity index (χ1) is 7.41. The van der Waals surface area contributed by atoms with E-state index in [4.69, 9.17) is 5.11 Å². The summed E-state index contributed by atoms with van der Waals surface area (Å²) in [4.78, 5) is 19.2. The molecule has 88 valence electrons. The van der Waals surface area contributed by atoms with Crippen LogP contribution in [0.25, 0.3) is 0 Å². The lowest BCUT2D eigenvalue weighted by atomic mass is 10.1. The molecular weight excluding hydrogens is 206 g/mol. The summed E-state index contributed by atoms with van der Waals surface area (Å²) in [5.41, 5.74) is 1.84. The Bertz CT molecular complexity index is 391. The highest BCUT2D eigenvalue weighted by Gasteiger charge is 2.21. The van der Waals surface area contributed by atoms with Crippen molar-refractivity contribution in [3.8, 4) is 0 Å². The fourth-order valence-electron chi connectivity index (χ4n) is 1.25. The van der Waals surface area contributed by atoms with Crippen LogP contribution in [0.2, 0.25) is 0 Å². The second-order valence-corrected chi connectivity index (χ2v) is 4.17. The lowest BCUT2D eigenvalue weighted by Crippen LogP contribution is -2.35. The normalized spacial score (nSPS) is 12.6. The SMILES string of the molecule is Cc1cnc(N[C@@H](C(=O)O)C(C)C)nc1C. The third kappa shape index (κ3) is 2.92. The van der Waals surface area contributed by atoms with E-state index in [2.05, 4.69) is 15.3 Å². The minimum absolute atomic E-state index is 0.0253. The number of aryl methyl sites for hydroxylation is 2. The highest BCUT2D eigenvalue weighted by atomic mass is 16.4. The van der Waals surface area contributed by atoms with Crippen molar-refractivity contribution in [3.05, 3.63) is 17.5 Å². The van der Waals surface area contributed by atoms with Gasteiger partial charge in [-0.25, -0.2) is 14.8 Å². The molecule has 1 atom stereocenters. The van der Waals surface area contributed by atoms with E-state index < -0.39 is 12.0 Å². The predicted molar refractivity (Wildman–Crippen MR) is 61.4 cm³/mol. The number of hydrogen-bond donors (Lipinski definition) is 2. The quantitative estimate of drug-likeness (QED) is 0.811. The van der Waals surface area contributed by atoms with E-state index in [-0.39, 0.29) is 5.92 Å². The summed E-state index contributed by atoms with van der Waals surface area (Å²) in [6.45, 7) is 7.46. The number of carbonyl (C=O) groups is 1. The summed E-state index contributed by atoms with van der Waals surface area (Å²) in [6.07, 6.45) is 1.68. The predicted octanol–water partition coefficient (Wildman–Crippen LogP) is 1.61. The number of nitrogens with one attached hydrogen (secondary N) is 1. The Morgan fingerprint density at radius 1 is 1.44 bits per heavy atom. The first-order valence-corrected chi connectivity index (χ1v) is 5.21. The van der Waals surface area contributed by atoms with Crippen LogP contribution in [0, 0.1) is 19.8 Å². The Kier molecular flexibility index (Phi) is 3.82. The number of carboxylic acid groups (broad SMARTS) is 1. The molecule has 0 aliphatic rings. The molecule has 1 aromatic heterocycles. The van der Waals surface area contributed by atoms with Crippen molar-refractivity contribution in [1.29, 1.82) is 0 Å². The smallest absolute Gasteiger partial charge is 0.326 e. The first kappa shape index (κ1) is 12.4. The Morgan fingerprint density at radius 2 is 2.06 bits per heavy atom. The van der Waals surface area contributed by atoms with Crippen molar-refractivity contribution in [1.82, 2.24) is 9.97 Å². The topological polar surface area (TPSA) is 75.1 Å². The van der Waals surface area contributed by atoms with Crippen LogP contribution in [-0.4, -0.2) is 27.1 Å². The van der Waals surface area contributed by atoms with Gasteiger partial charge < -0.3 is 10.4 Å². The van der Waals surface area contributed by atoms with Crippen molar-refractivity contribution in [2.45, 2.75) is 33.7 Å². The van der Waals surface area contributed by atoms with Crippen molar-refractivity contribution in [3.63, 3.8) is 0 Å². The van der Waals surface area contributed by atoms with Crippen LogP contribution in [0.4, 0.5) is 5.95 Å². The third-order valence-corrected chi connectivity index (χ3v) is 2.44. The third-order valence-electron chi connectivity index (χ3n) is 2.44. The van der Waals surface area contributed by atoms with Crippen molar-refractivity contribution in [2.75, 3.05) is 5.32 Å². The Labute approximate surface area is 94.9 Å². The number of aromatic nitrogens is 2. The zero-order chi connectivity index (χ0) is 12.3. The van der Waals surface area contributed by atoms with Gasteiger partial charge in [0.2, 0.25) is 5.95 Å². The van der Waals surface area contributed by atoms with E-state index >= 15 is 0 Å². The van der Waals surface area contributed by atoms with Crippen molar-refractivity contribution >= 4 is 11.9 Å². The van der Waals surface area contributed by atoms with Crippen LogP contribution in [0.3, 0.4) is 0 Å². The molecule has 0 aliphatic carbocycles. The summed E-state index contributed by atoms with van der Waals surface area (Å²) in [5.74, 6) is -0.552. The molecule has 0 fully saturated rings. The molecule has 1 heterocycles. The van der Waals surface area contributed by atoms with Gasteiger partial charge in [-0.2, -0.15) is 0 Å². The van der Waals surface area contributed by atoms with Gasteiger partial charge in [0.05, 0.1) is 0 Å². The summed E-state index contributed by atoms with van der Waals surface area (Å²) in [5, 5.41) is 11.8. The first-order valence-electron chi connectivity index (χ1n) is 5.21. The number of anilines is 1. The van der Waals surface area contributed by atoms with Gasteiger partial charge in [-0.05, 0) is 25.3 Å². The average molecular weight is 223 g/mol. The van der Waals surface area contributed by atoms with Crippen LogP contribution >= 0.6 is 0 Å². The maximum absolute atomic E-state index is 11.0. The molecule has 5 nitrogen and oxygen atoms in total. The largest absolute Gasteiger partial charge is 0.480 e. The maximum Gasteiger partial charge on any atom is 0.326 e.